The van der Waals surface area contributed by atoms with Crippen LogP contribution in [0.1, 0.15) is 20.8 Å². The number of thiophene rings is 1. The summed E-state index contributed by atoms with van der Waals surface area (Å²) in [6, 6.07) is 1.99. The summed E-state index contributed by atoms with van der Waals surface area (Å²) < 4.78 is 0. The molecule has 2 rings (SSSR count). The van der Waals surface area contributed by atoms with Crippen LogP contribution >= 0.6 is 11.3 Å². The minimum atomic E-state index is -0.780. The summed E-state index contributed by atoms with van der Waals surface area (Å²) in [4.78, 5) is 11.4. The van der Waals surface area contributed by atoms with Gasteiger partial charge in [0, 0.05) is 13.1 Å². The summed E-state index contributed by atoms with van der Waals surface area (Å²) in [6.07, 6.45) is 0. The molecule has 0 fully saturated rings. The van der Waals surface area contributed by atoms with Gasteiger partial charge in [0.05, 0.1) is 11.0 Å². The average Bonchev–Trinajstić information content (AvgIpc) is 2.71. The molecule has 2 aromatic heterocycles. The Hall–Kier alpha value is -1.40. The lowest BCUT2D eigenvalue weighted by Crippen LogP contribution is -2.39. The van der Waals surface area contributed by atoms with Gasteiger partial charge in [-0.25, -0.2) is 4.98 Å². The molecule has 2 heterocycles. The van der Waals surface area contributed by atoms with Crippen molar-refractivity contribution < 1.29 is 5.11 Å². The molecule has 3 N–H and O–H groups in total. The van der Waals surface area contributed by atoms with E-state index in [0.717, 1.165) is 22.6 Å². The third kappa shape index (κ3) is 2.70. The van der Waals surface area contributed by atoms with E-state index in [1.807, 2.05) is 23.3 Å². The molecule has 5 nitrogen and oxygen atoms in total. The number of nitrogen functional groups attached to an aromatic ring is 1. The summed E-state index contributed by atoms with van der Waals surface area (Å²) in [7, 11) is 0. The minimum absolute atomic E-state index is 0.272. The van der Waals surface area contributed by atoms with Gasteiger partial charge in [0.25, 0.3) is 0 Å². The maximum Gasteiger partial charge on any atom is 0.223 e. The van der Waals surface area contributed by atoms with Gasteiger partial charge in [-0.05, 0) is 32.2 Å². The van der Waals surface area contributed by atoms with Crippen LogP contribution in [0, 0.1) is 0 Å². The molecule has 6 heteroatoms. The Balaban J connectivity index is 2.47. The van der Waals surface area contributed by atoms with Crippen molar-refractivity contribution in [2.24, 2.45) is 0 Å². The van der Waals surface area contributed by atoms with Crippen molar-refractivity contribution in [1.29, 1.82) is 0 Å². The van der Waals surface area contributed by atoms with Crippen LogP contribution in [0.2, 0.25) is 0 Å². The normalized spacial score (nSPS) is 12.0. The van der Waals surface area contributed by atoms with Crippen LogP contribution < -0.4 is 10.6 Å². The number of nitrogens with two attached hydrogens (primary N) is 1. The van der Waals surface area contributed by atoms with Crippen LogP contribution in [0.25, 0.3) is 10.2 Å². The lowest BCUT2D eigenvalue weighted by atomic mass is 10.1. The highest BCUT2D eigenvalue weighted by Gasteiger charge is 2.21. The molecule has 0 aliphatic rings. The summed E-state index contributed by atoms with van der Waals surface area (Å²) in [5.74, 6) is 1.07. The van der Waals surface area contributed by atoms with E-state index in [9.17, 15) is 5.11 Å². The smallest absolute Gasteiger partial charge is 0.223 e. The number of fused-ring (bicyclic) bond motifs is 1. The van der Waals surface area contributed by atoms with E-state index < -0.39 is 5.60 Å². The zero-order valence-electron chi connectivity index (χ0n) is 10.8. The van der Waals surface area contributed by atoms with Crippen LogP contribution in [-0.4, -0.2) is 33.8 Å². The van der Waals surface area contributed by atoms with E-state index in [4.69, 9.17) is 5.73 Å². The fourth-order valence-corrected chi connectivity index (χ4v) is 2.67. The van der Waals surface area contributed by atoms with Gasteiger partial charge in [0.1, 0.15) is 10.6 Å². The molecule has 0 radical (unpaired) electrons. The van der Waals surface area contributed by atoms with E-state index >= 15 is 0 Å². The molecule has 0 bridgehead atoms. The third-order valence-corrected chi connectivity index (χ3v) is 3.39. The first-order valence-corrected chi connectivity index (χ1v) is 6.76. The number of nitrogens with zero attached hydrogens (tertiary/aromatic N) is 3. The Kier molecular flexibility index (Phi) is 3.41. The lowest BCUT2D eigenvalue weighted by Gasteiger charge is -2.29. The van der Waals surface area contributed by atoms with E-state index in [0.29, 0.717) is 6.54 Å². The number of hydrogen-bond donors (Lipinski definition) is 2. The van der Waals surface area contributed by atoms with Crippen LogP contribution in [0.3, 0.4) is 0 Å². The second-order valence-electron chi connectivity index (χ2n) is 4.87. The highest BCUT2D eigenvalue weighted by atomic mass is 32.1. The fraction of sp³-hybridized carbons (Fsp3) is 0.500. The van der Waals surface area contributed by atoms with Crippen molar-refractivity contribution in [2.45, 2.75) is 26.4 Å². The second-order valence-corrected chi connectivity index (χ2v) is 5.77. The molecule has 0 aliphatic heterocycles. The Morgan fingerprint density at radius 2 is 2.17 bits per heavy atom. The lowest BCUT2D eigenvalue weighted by molar-refractivity contribution is 0.0875. The Labute approximate surface area is 110 Å². The quantitative estimate of drug-likeness (QED) is 0.883. The van der Waals surface area contributed by atoms with Gasteiger partial charge in [-0.1, -0.05) is 0 Å². The Morgan fingerprint density at radius 1 is 1.44 bits per heavy atom. The van der Waals surface area contributed by atoms with Crippen LogP contribution in [0.5, 0.6) is 0 Å². The number of aromatic nitrogens is 2. The summed E-state index contributed by atoms with van der Waals surface area (Å²) >= 11 is 1.54. The Bertz CT molecular complexity index is 546. The molecule has 0 aromatic carbocycles. The molecule has 0 saturated carbocycles. The first-order valence-electron chi connectivity index (χ1n) is 5.89. The maximum atomic E-state index is 9.96. The molecule has 2 aromatic rings. The van der Waals surface area contributed by atoms with E-state index in [-0.39, 0.29) is 5.95 Å². The third-order valence-electron chi connectivity index (χ3n) is 2.58. The second kappa shape index (κ2) is 4.70. The number of aliphatic hydroxyl groups is 1. The topological polar surface area (TPSA) is 75.3 Å². The van der Waals surface area contributed by atoms with Crippen molar-refractivity contribution >= 4 is 33.3 Å². The summed E-state index contributed by atoms with van der Waals surface area (Å²) in [5.41, 5.74) is 4.96. The Morgan fingerprint density at radius 3 is 2.78 bits per heavy atom. The molecule has 0 saturated heterocycles. The summed E-state index contributed by atoms with van der Waals surface area (Å²) in [5, 5.41) is 12.9. The van der Waals surface area contributed by atoms with Crippen molar-refractivity contribution in [3.05, 3.63) is 11.4 Å². The monoisotopic (exact) mass is 266 g/mol. The van der Waals surface area contributed by atoms with Crippen molar-refractivity contribution in [3.63, 3.8) is 0 Å². The fourth-order valence-electron chi connectivity index (χ4n) is 1.90. The average molecular weight is 266 g/mol. The molecule has 18 heavy (non-hydrogen) atoms. The zero-order valence-corrected chi connectivity index (χ0v) is 11.7. The van der Waals surface area contributed by atoms with Gasteiger partial charge in [-0.2, -0.15) is 4.98 Å². The predicted molar refractivity (Wildman–Crippen MR) is 76.0 cm³/mol. The standard InChI is InChI=1S/C12H18N4OS/c1-4-16(7-12(2,3)17)9-8-5-6-18-10(8)15-11(13)14-9/h5-6,17H,4,7H2,1-3H3,(H2,13,14,15). The van der Waals surface area contributed by atoms with Crippen LogP contribution in [-0.2, 0) is 0 Å². The molecule has 0 aliphatic carbocycles. The number of hydrogen-bond acceptors (Lipinski definition) is 6. The highest BCUT2D eigenvalue weighted by molar-refractivity contribution is 7.16. The zero-order chi connectivity index (χ0) is 13.3. The molecule has 98 valence electrons. The van der Waals surface area contributed by atoms with Gasteiger partial charge < -0.3 is 15.7 Å². The van der Waals surface area contributed by atoms with Gasteiger partial charge >= 0.3 is 0 Å². The number of rotatable bonds is 4. The van der Waals surface area contributed by atoms with Crippen LogP contribution in [0.15, 0.2) is 11.4 Å². The highest BCUT2D eigenvalue weighted by Crippen LogP contribution is 2.29. The van der Waals surface area contributed by atoms with Gasteiger partial charge in [0.2, 0.25) is 5.95 Å². The van der Waals surface area contributed by atoms with Crippen LogP contribution in [0.4, 0.5) is 11.8 Å². The van der Waals surface area contributed by atoms with Crippen molar-refractivity contribution in [1.82, 2.24) is 9.97 Å². The van der Waals surface area contributed by atoms with Crippen molar-refractivity contribution in [3.8, 4) is 0 Å². The molecular formula is C12H18N4OS. The predicted octanol–water partition coefficient (Wildman–Crippen LogP) is 1.87. The molecule has 0 amide bonds. The van der Waals surface area contributed by atoms with Gasteiger partial charge in [-0.3, -0.25) is 0 Å². The van der Waals surface area contributed by atoms with E-state index in [1.165, 1.54) is 0 Å². The molecule has 0 atom stereocenters. The number of anilines is 2. The van der Waals surface area contributed by atoms with Gasteiger partial charge in [-0.15, -0.1) is 11.3 Å². The molecule has 0 spiro atoms. The SMILES string of the molecule is CCN(CC(C)(C)O)c1nc(N)nc2sccc12. The molecule has 0 unspecified atom stereocenters. The van der Waals surface area contributed by atoms with E-state index in [2.05, 4.69) is 9.97 Å². The first-order chi connectivity index (χ1) is 8.40. The van der Waals surface area contributed by atoms with Crippen molar-refractivity contribution in [2.75, 3.05) is 23.7 Å². The first kappa shape index (κ1) is 13.0. The molecular weight excluding hydrogens is 248 g/mol. The summed E-state index contributed by atoms with van der Waals surface area (Å²) in [6.45, 7) is 6.86. The maximum absolute atomic E-state index is 9.96. The largest absolute Gasteiger partial charge is 0.389 e. The number of likely N-dealkylation sites (N-methyl/N-ethyl adjacent to an activating group) is 1. The minimum Gasteiger partial charge on any atom is -0.389 e. The van der Waals surface area contributed by atoms with Gasteiger partial charge in [0.15, 0.2) is 0 Å². The van der Waals surface area contributed by atoms with E-state index in [1.54, 1.807) is 25.2 Å².